The first kappa shape index (κ1) is 15.1. The van der Waals surface area contributed by atoms with Crippen LogP contribution < -0.4 is 5.32 Å². The second-order valence-electron chi connectivity index (χ2n) is 6.27. The van der Waals surface area contributed by atoms with E-state index < -0.39 is 0 Å². The Morgan fingerprint density at radius 2 is 2.05 bits per heavy atom. The Bertz CT molecular complexity index is 502. The third-order valence-corrected chi connectivity index (χ3v) is 5.13. The van der Waals surface area contributed by atoms with E-state index in [0.29, 0.717) is 12.0 Å². The van der Waals surface area contributed by atoms with Crippen LogP contribution in [0.1, 0.15) is 49.1 Å². The number of hydrogen-bond donors (Lipinski definition) is 1. The molecule has 0 unspecified atom stereocenters. The predicted molar refractivity (Wildman–Crippen MR) is 87.6 cm³/mol. The second-order valence-corrected chi connectivity index (χ2v) is 7.19. The molecule has 2 heterocycles. The zero-order valence-corrected chi connectivity index (χ0v) is 14.2. The van der Waals surface area contributed by atoms with Gasteiger partial charge in [0.25, 0.3) is 5.91 Å². The van der Waals surface area contributed by atoms with E-state index >= 15 is 0 Å². The molecule has 2 aliphatic rings. The fourth-order valence-electron chi connectivity index (χ4n) is 3.12. The molecule has 2 fully saturated rings. The van der Waals surface area contributed by atoms with Gasteiger partial charge in [-0.25, -0.2) is 0 Å². The van der Waals surface area contributed by atoms with Gasteiger partial charge in [0.05, 0.1) is 0 Å². The topological polar surface area (TPSA) is 37.3 Å². The zero-order chi connectivity index (χ0) is 14.8. The number of hydrogen-bond acceptors (Lipinski definition) is 2. The first-order valence-corrected chi connectivity index (χ1v) is 8.84. The van der Waals surface area contributed by atoms with Crippen LogP contribution in [0.4, 0.5) is 0 Å². The minimum Gasteiger partial charge on any atom is -0.350 e. The van der Waals surface area contributed by atoms with Crippen LogP contribution in [0.2, 0.25) is 0 Å². The van der Waals surface area contributed by atoms with E-state index in [9.17, 15) is 4.79 Å². The largest absolute Gasteiger partial charge is 0.350 e. The third kappa shape index (κ3) is 3.69. The number of rotatable bonds is 5. The van der Waals surface area contributed by atoms with Gasteiger partial charge < -0.3 is 14.8 Å². The fraction of sp³-hybridized carbons (Fsp3) is 0.688. The molecule has 1 aliphatic carbocycles. The Morgan fingerprint density at radius 1 is 1.33 bits per heavy atom. The molecule has 1 aromatic rings. The molecule has 1 saturated heterocycles. The van der Waals surface area contributed by atoms with E-state index in [4.69, 9.17) is 0 Å². The zero-order valence-electron chi connectivity index (χ0n) is 12.6. The van der Waals surface area contributed by atoms with Crippen LogP contribution in [0.3, 0.4) is 0 Å². The van der Waals surface area contributed by atoms with Gasteiger partial charge in [-0.15, -0.1) is 0 Å². The lowest BCUT2D eigenvalue weighted by Crippen LogP contribution is -2.38. The van der Waals surface area contributed by atoms with Gasteiger partial charge >= 0.3 is 0 Å². The van der Waals surface area contributed by atoms with E-state index in [1.165, 1.54) is 38.8 Å². The summed E-state index contributed by atoms with van der Waals surface area (Å²) in [6.07, 6.45) is 6.81. The lowest BCUT2D eigenvalue weighted by atomic mass is 9.97. The summed E-state index contributed by atoms with van der Waals surface area (Å²) in [6.45, 7) is 6.50. The van der Waals surface area contributed by atoms with Crippen molar-refractivity contribution in [1.82, 2.24) is 14.8 Å². The lowest BCUT2D eigenvalue weighted by Gasteiger charge is -2.31. The summed E-state index contributed by atoms with van der Waals surface area (Å²) in [5, 5.41) is 3.14. The Kier molecular flexibility index (Phi) is 4.69. The molecule has 1 aliphatic heterocycles. The maximum Gasteiger partial charge on any atom is 0.267 e. The number of nitrogens with zero attached hydrogens (tertiary/aromatic N) is 2. The summed E-state index contributed by atoms with van der Waals surface area (Å²) in [4.78, 5) is 14.9. The summed E-state index contributed by atoms with van der Waals surface area (Å²) >= 11 is 3.48. The highest BCUT2D eigenvalue weighted by Crippen LogP contribution is 2.37. The number of carbonyl (C=O) groups excluding carboxylic acids is 1. The lowest BCUT2D eigenvalue weighted by molar-refractivity contribution is 0.0927. The smallest absolute Gasteiger partial charge is 0.267 e. The summed E-state index contributed by atoms with van der Waals surface area (Å²) in [5.41, 5.74) is 0.801. The Morgan fingerprint density at radius 3 is 2.67 bits per heavy atom. The Hall–Kier alpha value is -0.810. The maximum absolute atomic E-state index is 12.4. The first-order valence-electron chi connectivity index (χ1n) is 8.05. The van der Waals surface area contributed by atoms with E-state index in [1.807, 2.05) is 12.3 Å². The van der Waals surface area contributed by atoms with Gasteiger partial charge in [-0.2, -0.15) is 0 Å². The van der Waals surface area contributed by atoms with Crippen LogP contribution in [-0.2, 0) is 0 Å². The Balaban J connectivity index is 1.53. The first-order chi connectivity index (χ1) is 10.2. The predicted octanol–water partition coefficient (Wildman–Crippen LogP) is 3.05. The van der Waals surface area contributed by atoms with Crippen molar-refractivity contribution in [2.45, 2.75) is 38.6 Å². The highest BCUT2D eigenvalue weighted by molar-refractivity contribution is 9.10. The number of nitrogens with one attached hydrogen (secondary N) is 1. The molecule has 3 rings (SSSR count). The molecule has 116 valence electrons. The summed E-state index contributed by atoms with van der Waals surface area (Å²) in [7, 11) is 0. The molecule has 1 N–H and O–H groups in total. The standard InChI is InChI=1S/C16H24BrN3O/c1-2-19-7-5-12(6-8-19)10-18-16(21)15-9-13(17)11-20(15)14-3-4-14/h9,11-12,14H,2-8,10H2,1H3,(H,18,21). The number of carbonyl (C=O) groups is 1. The normalized spacial score (nSPS) is 20.7. The molecule has 4 nitrogen and oxygen atoms in total. The van der Waals surface area contributed by atoms with Crippen LogP contribution in [0, 0.1) is 5.92 Å². The van der Waals surface area contributed by atoms with Gasteiger partial charge in [-0.05, 0) is 73.2 Å². The quantitative estimate of drug-likeness (QED) is 0.883. The maximum atomic E-state index is 12.4. The third-order valence-electron chi connectivity index (χ3n) is 4.69. The van der Waals surface area contributed by atoms with Crippen LogP contribution in [0.25, 0.3) is 0 Å². The molecule has 21 heavy (non-hydrogen) atoms. The average Bonchev–Trinajstić information content (AvgIpc) is 3.27. The number of amides is 1. The van der Waals surface area contributed by atoms with Gasteiger partial charge in [0.15, 0.2) is 0 Å². The molecule has 0 aromatic carbocycles. The van der Waals surface area contributed by atoms with Crippen LogP contribution in [0.15, 0.2) is 16.7 Å². The number of aromatic nitrogens is 1. The molecular formula is C16H24BrN3O. The molecule has 0 spiro atoms. The van der Waals surface area contributed by atoms with E-state index in [1.54, 1.807) is 0 Å². The van der Waals surface area contributed by atoms with Crippen molar-refractivity contribution in [3.63, 3.8) is 0 Å². The molecular weight excluding hydrogens is 330 g/mol. The van der Waals surface area contributed by atoms with E-state index in [0.717, 1.165) is 23.3 Å². The summed E-state index contributed by atoms with van der Waals surface area (Å²) < 4.78 is 3.12. The minimum atomic E-state index is 0.0746. The Labute approximate surface area is 135 Å². The van der Waals surface area contributed by atoms with Gasteiger partial charge in [-0.1, -0.05) is 6.92 Å². The van der Waals surface area contributed by atoms with Crippen LogP contribution in [0.5, 0.6) is 0 Å². The van der Waals surface area contributed by atoms with Crippen molar-refractivity contribution in [2.75, 3.05) is 26.2 Å². The van der Waals surface area contributed by atoms with Crippen molar-refractivity contribution in [3.8, 4) is 0 Å². The molecule has 1 aromatic heterocycles. The molecule has 0 bridgehead atoms. The van der Waals surface area contributed by atoms with Crippen molar-refractivity contribution in [3.05, 3.63) is 22.4 Å². The highest BCUT2D eigenvalue weighted by atomic mass is 79.9. The molecule has 0 radical (unpaired) electrons. The van der Waals surface area contributed by atoms with Gasteiger partial charge in [0.1, 0.15) is 5.69 Å². The van der Waals surface area contributed by atoms with Crippen molar-refractivity contribution in [2.24, 2.45) is 5.92 Å². The fourth-order valence-corrected chi connectivity index (χ4v) is 3.55. The van der Waals surface area contributed by atoms with E-state index in [-0.39, 0.29) is 5.91 Å². The van der Waals surface area contributed by atoms with Crippen molar-refractivity contribution >= 4 is 21.8 Å². The number of halogens is 1. The van der Waals surface area contributed by atoms with E-state index in [2.05, 4.69) is 37.6 Å². The average molecular weight is 354 g/mol. The second kappa shape index (κ2) is 6.53. The molecule has 0 atom stereocenters. The number of likely N-dealkylation sites (tertiary alicyclic amines) is 1. The minimum absolute atomic E-state index is 0.0746. The van der Waals surface area contributed by atoms with Crippen LogP contribution in [-0.4, -0.2) is 41.6 Å². The molecule has 5 heteroatoms. The van der Waals surface area contributed by atoms with Gasteiger partial charge in [-0.3, -0.25) is 4.79 Å². The van der Waals surface area contributed by atoms with Crippen molar-refractivity contribution in [1.29, 1.82) is 0 Å². The molecule has 1 amide bonds. The summed E-state index contributed by atoms with van der Waals surface area (Å²) in [6, 6.07) is 2.47. The van der Waals surface area contributed by atoms with Crippen molar-refractivity contribution < 1.29 is 4.79 Å². The monoisotopic (exact) mass is 353 g/mol. The number of piperidine rings is 1. The highest BCUT2D eigenvalue weighted by Gasteiger charge is 2.28. The van der Waals surface area contributed by atoms with Gasteiger partial charge in [0.2, 0.25) is 0 Å². The summed E-state index contributed by atoms with van der Waals surface area (Å²) in [5.74, 6) is 0.704. The van der Waals surface area contributed by atoms with Crippen LogP contribution >= 0.6 is 15.9 Å². The van der Waals surface area contributed by atoms with Gasteiger partial charge in [0, 0.05) is 23.3 Å². The SMILES string of the molecule is CCN1CCC(CNC(=O)c2cc(Br)cn2C2CC2)CC1. The molecule has 1 saturated carbocycles.